The first kappa shape index (κ1) is 14.7. The van der Waals surface area contributed by atoms with E-state index in [1.807, 2.05) is 0 Å². The Bertz CT molecular complexity index is 477. The van der Waals surface area contributed by atoms with E-state index in [0.29, 0.717) is 28.8 Å². The summed E-state index contributed by atoms with van der Waals surface area (Å²) in [4.78, 5) is 12.3. The molecule has 0 bridgehead atoms. The molecule has 0 aliphatic heterocycles. The fraction of sp³-hybridized carbons (Fsp3) is 0.562. The number of carbonyl (C=O) groups is 1. The molecule has 4 heteroatoms. The minimum Gasteiger partial charge on any atom is -0.495 e. The van der Waals surface area contributed by atoms with Crippen LogP contribution in [0.4, 0.5) is 5.69 Å². The molecule has 1 aromatic rings. The SMILES string of the molecule is COc1ccc(C(=O)NC2CC(C)CC(C)C2)cc1N. The number of methoxy groups -OCH3 is 1. The molecule has 1 amide bonds. The molecule has 110 valence electrons. The summed E-state index contributed by atoms with van der Waals surface area (Å²) >= 11 is 0. The quantitative estimate of drug-likeness (QED) is 0.834. The highest BCUT2D eigenvalue weighted by atomic mass is 16.5. The van der Waals surface area contributed by atoms with Crippen LogP contribution in [-0.4, -0.2) is 19.1 Å². The molecular formula is C16H24N2O2. The van der Waals surface area contributed by atoms with E-state index in [4.69, 9.17) is 10.5 Å². The van der Waals surface area contributed by atoms with Crippen LogP contribution in [0.1, 0.15) is 43.5 Å². The van der Waals surface area contributed by atoms with Crippen LogP contribution in [0.2, 0.25) is 0 Å². The zero-order chi connectivity index (χ0) is 14.7. The average Bonchev–Trinajstić information content (AvgIpc) is 2.37. The lowest BCUT2D eigenvalue weighted by Crippen LogP contribution is -2.40. The van der Waals surface area contributed by atoms with Crippen LogP contribution in [0, 0.1) is 11.8 Å². The van der Waals surface area contributed by atoms with Gasteiger partial charge in [-0.25, -0.2) is 0 Å². The summed E-state index contributed by atoms with van der Waals surface area (Å²) in [6.45, 7) is 4.50. The van der Waals surface area contributed by atoms with Crippen molar-refractivity contribution in [3.05, 3.63) is 23.8 Å². The standard InChI is InChI=1S/C16H24N2O2/c1-10-6-11(2)8-13(7-10)18-16(19)12-4-5-15(20-3)14(17)9-12/h4-5,9-11,13H,6-8,17H2,1-3H3,(H,18,19). The summed E-state index contributed by atoms with van der Waals surface area (Å²) < 4.78 is 5.10. The summed E-state index contributed by atoms with van der Waals surface area (Å²) in [5, 5.41) is 3.13. The third-order valence-electron chi connectivity index (χ3n) is 4.01. The molecule has 0 radical (unpaired) electrons. The predicted molar refractivity (Wildman–Crippen MR) is 80.8 cm³/mol. The molecule has 0 saturated heterocycles. The van der Waals surface area contributed by atoms with Crippen molar-refractivity contribution in [2.45, 2.75) is 39.2 Å². The number of benzene rings is 1. The van der Waals surface area contributed by atoms with E-state index >= 15 is 0 Å². The van der Waals surface area contributed by atoms with Crippen molar-refractivity contribution >= 4 is 11.6 Å². The minimum atomic E-state index is -0.0503. The fourth-order valence-electron chi connectivity index (χ4n) is 3.21. The smallest absolute Gasteiger partial charge is 0.251 e. The van der Waals surface area contributed by atoms with E-state index in [2.05, 4.69) is 19.2 Å². The van der Waals surface area contributed by atoms with Gasteiger partial charge in [-0.2, -0.15) is 0 Å². The highest BCUT2D eigenvalue weighted by molar-refractivity contribution is 5.95. The second-order valence-corrected chi connectivity index (χ2v) is 6.04. The highest BCUT2D eigenvalue weighted by Crippen LogP contribution is 2.29. The molecule has 4 nitrogen and oxygen atoms in total. The number of amides is 1. The van der Waals surface area contributed by atoms with Crippen LogP contribution >= 0.6 is 0 Å². The molecule has 20 heavy (non-hydrogen) atoms. The van der Waals surface area contributed by atoms with Crippen molar-refractivity contribution in [2.75, 3.05) is 12.8 Å². The van der Waals surface area contributed by atoms with Gasteiger partial charge in [-0.15, -0.1) is 0 Å². The van der Waals surface area contributed by atoms with Gasteiger partial charge in [0.25, 0.3) is 5.91 Å². The molecule has 1 aromatic carbocycles. The van der Waals surface area contributed by atoms with Crippen molar-refractivity contribution < 1.29 is 9.53 Å². The number of hydrogen-bond acceptors (Lipinski definition) is 3. The fourth-order valence-corrected chi connectivity index (χ4v) is 3.21. The Balaban J connectivity index is 2.02. The van der Waals surface area contributed by atoms with E-state index in [0.717, 1.165) is 12.8 Å². The molecule has 2 atom stereocenters. The summed E-state index contributed by atoms with van der Waals surface area (Å²) in [7, 11) is 1.57. The number of nitrogens with one attached hydrogen (secondary N) is 1. The lowest BCUT2D eigenvalue weighted by Gasteiger charge is -2.32. The van der Waals surface area contributed by atoms with E-state index in [9.17, 15) is 4.79 Å². The van der Waals surface area contributed by atoms with Crippen LogP contribution in [-0.2, 0) is 0 Å². The zero-order valence-corrected chi connectivity index (χ0v) is 12.5. The van der Waals surface area contributed by atoms with Crippen molar-refractivity contribution in [1.29, 1.82) is 0 Å². The molecule has 3 N–H and O–H groups in total. The van der Waals surface area contributed by atoms with Crippen LogP contribution < -0.4 is 15.8 Å². The minimum absolute atomic E-state index is 0.0503. The molecule has 2 unspecified atom stereocenters. The highest BCUT2D eigenvalue weighted by Gasteiger charge is 2.25. The number of hydrogen-bond donors (Lipinski definition) is 2. The molecule has 1 fully saturated rings. The monoisotopic (exact) mass is 276 g/mol. The number of anilines is 1. The number of nitrogen functional groups attached to an aromatic ring is 1. The first-order valence-electron chi connectivity index (χ1n) is 7.24. The molecule has 1 aliphatic carbocycles. The van der Waals surface area contributed by atoms with E-state index < -0.39 is 0 Å². The third-order valence-corrected chi connectivity index (χ3v) is 4.01. The predicted octanol–water partition coefficient (Wildman–Crippen LogP) is 2.83. The van der Waals surface area contributed by atoms with Gasteiger partial charge in [-0.1, -0.05) is 13.8 Å². The van der Waals surface area contributed by atoms with Crippen molar-refractivity contribution in [1.82, 2.24) is 5.32 Å². The van der Waals surface area contributed by atoms with Gasteiger partial charge in [0.15, 0.2) is 0 Å². The Hall–Kier alpha value is -1.71. The van der Waals surface area contributed by atoms with Crippen molar-refractivity contribution in [3.8, 4) is 5.75 Å². The van der Waals surface area contributed by atoms with Crippen molar-refractivity contribution in [2.24, 2.45) is 11.8 Å². The van der Waals surface area contributed by atoms with E-state index in [1.54, 1.807) is 25.3 Å². The van der Waals surface area contributed by atoms with Gasteiger partial charge in [0, 0.05) is 11.6 Å². The van der Waals surface area contributed by atoms with Gasteiger partial charge in [-0.3, -0.25) is 4.79 Å². The molecular weight excluding hydrogens is 252 g/mol. The second-order valence-electron chi connectivity index (χ2n) is 6.04. The first-order valence-corrected chi connectivity index (χ1v) is 7.24. The van der Waals surface area contributed by atoms with Gasteiger partial charge < -0.3 is 15.8 Å². The zero-order valence-electron chi connectivity index (χ0n) is 12.5. The van der Waals surface area contributed by atoms with Gasteiger partial charge in [0.1, 0.15) is 5.75 Å². The molecule has 2 rings (SSSR count). The van der Waals surface area contributed by atoms with Crippen molar-refractivity contribution in [3.63, 3.8) is 0 Å². The largest absolute Gasteiger partial charge is 0.495 e. The van der Waals surface area contributed by atoms with Crippen LogP contribution in [0.5, 0.6) is 5.75 Å². The van der Waals surface area contributed by atoms with Gasteiger partial charge in [-0.05, 0) is 49.3 Å². The summed E-state index contributed by atoms with van der Waals surface area (Å²) in [5.74, 6) is 1.89. The molecule has 0 spiro atoms. The van der Waals surface area contributed by atoms with Crippen LogP contribution in [0.25, 0.3) is 0 Å². The first-order chi connectivity index (χ1) is 9.49. The maximum atomic E-state index is 12.3. The number of carbonyl (C=O) groups excluding carboxylic acids is 1. The average molecular weight is 276 g/mol. The molecule has 1 aliphatic rings. The Morgan fingerprint density at radius 2 is 1.90 bits per heavy atom. The second kappa shape index (κ2) is 6.16. The topological polar surface area (TPSA) is 64.3 Å². The molecule has 0 heterocycles. The van der Waals surface area contributed by atoms with E-state index in [1.165, 1.54) is 6.42 Å². The Kier molecular flexibility index (Phi) is 4.53. The molecule has 1 saturated carbocycles. The number of rotatable bonds is 3. The Morgan fingerprint density at radius 1 is 1.25 bits per heavy atom. The maximum absolute atomic E-state index is 12.3. The number of nitrogens with two attached hydrogens (primary N) is 1. The van der Waals surface area contributed by atoms with Crippen LogP contribution in [0.15, 0.2) is 18.2 Å². The molecule has 0 aromatic heterocycles. The summed E-state index contributed by atoms with van der Waals surface area (Å²) in [6.07, 6.45) is 3.37. The number of ether oxygens (including phenoxy) is 1. The maximum Gasteiger partial charge on any atom is 0.251 e. The van der Waals surface area contributed by atoms with Gasteiger partial charge in [0.05, 0.1) is 12.8 Å². The Labute approximate surface area is 120 Å². The Morgan fingerprint density at radius 3 is 2.45 bits per heavy atom. The lowest BCUT2D eigenvalue weighted by molar-refractivity contribution is 0.0911. The normalized spacial score (nSPS) is 26.1. The van der Waals surface area contributed by atoms with Crippen LogP contribution in [0.3, 0.4) is 0 Å². The third kappa shape index (κ3) is 3.44. The van der Waals surface area contributed by atoms with Gasteiger partial charge in [0.2, 0.25) is 0 Å². The van der Waals surface area contributed by atoms with Gasteiger partial charge >= 0.3 is 0 Å². The lowest BCUT2D eigenvalue weighted by atomic mass is 9.80. The summed E-state index contributed by atoms with van der Waals surface area (Å²) in [5.41, 5.74) is 6.93. The van der Waals surface area contributed by atoms with E-state index in [-0.39, 0.29) is 11.9 Å². The summed E-state index contributed by atoms with van der Waals surface area (Å²) in [6, 6.07) is 5.42.